The van der Waals surface area contributed by atoms with E-state index in [1.54, 1.807) is 0 Å². The van der Waals surface area contributed by atoms with Crippen LogP contribution in [0.3, 0.4) is 0 Å². The van der Waals surface area contributed by atoms with E-state index < -0.39 is 0 Å². The predicted molar refractivity (Wildman–Crippen MR) is 127 cm³/mol. The minimum atomic E-state index is 0.116. The number of benzene rings is 2. The summed E-state index contributed by atoms with van der Waals surface area (Å²) >= 11 is 9.75. The van der Waals surface area contributed by atoms with Crippen LogP contribution < -0.4 is 4.90 Å². The molecule has 1 atom stereocenters. The van der Waals surface area contributed by atoms with Gasteiger partial charge in [-0.2, -0.15) is 0 Å². The average Bonchev–Trinajstić information content (AvgIpc) is 2.75. The third kappa shape index (κ3) is 5.19. The van der Waals surface area contributed by atoms with Gasteiger partial charge in [-0.15, -0.1) is 0 Å². The van der Waals surface area contributed by atoms with Gasteiger partial charge in [0.1, 0.15) is 0 Å². The van der Waals surface area contributed by atoms with E-state index in [4.69, 9.17) is 11.6 Å². The van der Waals surface area contributed by atoms with Gasteiger partial charge in [0.2, 0.25) is 5.91 Å². The van der Waals surface area contributed by atoms with Crippen molar-refractivity contribution in [3.8, 4) is 0 Å². The summed E-state index contributed by atoms with van der Waals surface area (Å²) in [6.45, 7) is 8.25. The van der Waals surface area contributed by atoms with Crippen LogP contribution in [0.25, 0.3) is 0 Å². The SMILES string of the molecule is Cc1ccc(Cl)cc1N1CCN(C(=O)C2CCCN(Cc3cccc(Br)c3)C2)CC1. The third-order valence-corrected chi connectivity index (χ3v) is 6.98. The summed E-state index contributed by atoms with van der Waals surface area (Å²) in [5.41, 5.74) is 3.71. The maximum absolute atomic E-state index is 13.2. The molecular weight excluding hydrogens is 462 g/mol. The zero-order valence-electron chi connectivity index (χ0n) is 17.5. The Hall–Kier alpha value is -1.56. The molecule has 0 N–H and O–H groups in total. The van der Waals surface area contributed by atoms with E-state index in [1.807, 2.05) is 12.1 Å². The summed E-state index contributed by atoms with van der Waals surface area (Å²) in [6.07, 6.45) is 2.09. The van der Waals surface area contributed by atoms with Gasteiger partial charge < -0.3 is 9.80 Å². The number of rotatable bonds is 4. The molecule has 0 aromatic heterocycles. The minimum Gasteiger partial charge on any atom is -0.368 e. The molecule has 0 bridgehead atoms. The molecular formula is C24H29BrClN3O. The second kappa shape index (κ2) is 9.71. The standard InChI is InChI=1S/C24H29BrClN3O/c1-18-7-8-22(26)15-23(18)28-10-12-29(13-11-28)24(30)20-5-3-9-27(17-20)16-19-4-2-6-21(25)14-19/h2,4,6-8,14-15,20H,3,5,9-13,16-17H2,1H3. The Balaban J connectivity index is 1.33. The second-order valence-corrected chi connectivity index (χ2v) is 9.80. The summed E-state index contributed by atoms with van der Waals surface area (Å²) in [7, 11) is 0. The molecule has 0 spiro atoms. The highest BCUT2D eigenvalue weighted by atomic mass is 79.9. The van der Waals surface area contributed by atoms with Crippen molar-refractivity contribution in [2.45, 2.75) is 26.3 Å². The van der Waals surface area contributed by atoms with E-state index in [-0.39, 0.29) is 5.92 Å². The van der Waals surface area contributed by atoms with Gasteiger partial charge in [0.15, 0.2) is 0 Å². The van der Waals surface area contributed by atoms with Crippen molar-refractivity contribution in [2.75, 3.05) is 44.2 Å². The van der Waals surface area contributed by atoms with Gasteiger partial charge >= 0.3 is 0 Å². The Labute approximate surface area is 192 Å². The van der Waals surface area contributed by atoms with Gasteiger partial charge in [-0.3, -0.25) is 9.69 Å². The highest BCUT2D eigenvalue weighted by Crippen LogP contribution is 2.27. The van der Waals surface area contributed by atoms with Crippen molar-refractivity contribution in [1.29, 1.82) is 0 Å². The van der Waals surface area contributed by atoms with Crippen LogP contribution in [0.2, 0.25) is 5.02 Å². The normalized spacial score (nSPS) is 20.4. The van der Waals surface area contributed by atoms with E-state index in [0.717, 1.165) is 68.2 Å². The fraction of sp³-hybridized carbons (Fsp3) is 0.458. The molecule has 4 nitrogen and oxygen atoms in total. The van der Waals surface area contributed by atoms with Crippen molar-refractivity contribution in [2.24, 2.45) is 5.92 Å². The number of carbonyl (C=O) groups excluding carboxylic acids is 1. The van der Waals surface area contributed by atoms with Crippen molar-refractivity contribution < 1.29 is 4.79 Å². The van der Waals surface area contributed by atoms with Crippen LogP contribution in [-0.2, 0) is 11.3 Å². The molecule has 1 amide bonds. The molecule has 2 saturated heterocycles. The Kier molecular flexibility index (Phi) is 7.01. The molecule has 2 fully saturated rings. The molecule has 2 heterocycles. The molecule has 4 rings (SSSR count). The van der Waals surface area contributed by atoms with E-state index in [0.29, 0.717) is 5.91 Å². The molecule has 0 saturated carbocycles. The monoisotopic (exact) mass is 489 g/mol. The average molecular weight is 491 g/mol. The lowest BCUT2D eigenvalue weighted by Crippen LogP contribution is -2.52. The van der Waals surface area contributed by atoms with Crippen LogP contribution in [0.1, 0.15) is 24.0 Å². The number of nitrogens with zero attached hydrogens (tertiary/aromatic N) is 3. The Morgan fingerprint density at radius 1 is 1.10 bits per heavy atom. The van der Waals surface area contributed by atoms with Gasteiger partial charge in [0.25, 0.3) is 0 Å². The Bertz CT molecular complexity index is 898. The van der Waals surface area contributed by atoms with Crippen molar-refractivity contribution in [3.63, 3.8) is 0 Å². The lowest BCUT2D eigenvalue weighted by Gasteiger charge is -2.40. The van der Waals surface area contributed by atoms with Crippen LogP contribution in [0, 0.1) is 12.8 Å². The molecule has 2 aromatic rings. The lowest BCUT2D eigenvalue weighted by molar-refractivity contribution is -0.137. The number of likely N-dealkylation sites (tertiary alicyclic amines) is 1. The van der Waals surface area contributed by atoms with Crippen LogP contribution >= 0.6 is 27.5 Å². The number of halogens is 2. The number of amides is 1. The van der Waals surface area contributed by atoms with E-state index in [9.17, 15) is 4.79 Å². The smallest absolute Gasteiger partial charge is 0.227 e. The fourth-order valence-electron chi connectivity index (χ4n) is 4.64. The number of hydrogen-bond acceptors (Lipinski definition) is 3. The summed E-state index contributed by atoms with van der Waals surface area (Å²) in [5.74, 6) is 0.446. The van der Waals surface area contributed by atoms with Crippen LogP contribution in [0.5, 0.6) is 0 Å². The maximum Gasteiger partial charge on any atom is 0.227 e. The predicted octanol–water partition coefficient (Wildman–Crippen LogP) is 4.97. The zero-order chi connectivity index (χ0) is 21.1. The molecule has 2 aromatic carbocycles. The van der Waals surface area contributed by atoms with Crippen molar-refractivity contribution >= 4 is 39.1 Å². The van der Waals surface area contributed by atoms with Crippen LogP contribution in [0.15, 0.2) is 46.9 Å². The first-order valence-electron chi connectivity index (χ1n) is 10.8. The summed E-state index contributed by atoms with van der Waals surface area (Å²) in [4.78, 5) is 20.1. The second-order valence-electron chi connectivity index (χ2n) is 8.45. The lowest BCUT2D eigenvalue weighted by atomic mass is 9.95. The topological polar surface area (TPSA) is 26.8 Å². The molecule has 160 valence electrons. The van der Waals surface area contributed by atoms with Gasteiger partial charge in [0, 0.05) is 54.5 Å². The minimum absolute atomic E-state index is 0.116. The molecule has 2 aliphatic heterocycles. The summed E-state index contributed by atoms with van der Waals surface area (Å²) < 4.78 is 1.11. The number of piperidine rings is 1. The van der Waals surface area contributed by atoms with E-state index in [1.165, 1.54) is 16.8 Å². The first-order valence-corrected chi connectivity index (χ1v) is 11.9. The largest absolute Gasteiger partial charge is 0.368 e. The van der Waals surface area contributed by atoms with E-state index >= 15 is 0 Å². The number of aryl methyl sites for hydroxylation is 1. The first-order chi connectivity index (χ1) is 14.5. The molecule has 6 heteroatoms. The van der Waals surface area contributed by atoms with Gasteiger partial charge in [0.05, 0.1) is 5.92 Å². The molecule has 0 radical (unpaired) electrons. The number of carbonyl (C=O) groups is 1. The quantitative estimate of drug-likeness (QED) is 0.605. The third-order valence-electron chi connectivity index (χ3n) is 6.25. The molecule has 1 unspecified atom stereocenters. The first kappa shape index (κ1) is 21.7. The number of anilines is 1. The van der Waals surface area contributed by atoms with Crippen molar-refractivity contribution in [3.05, 3.63) is 63.1 Å². The van der Waals surface area contributed by atoms with Gasteiger partial charge in [-0.25, -0.2) is 0 Å². The Morgan fingerprint density at radius 3 is 2.67 bits per heavy atom. The molecule has 30 heavy (non-hydrogen) atoms. The molecule has 2 aliphatic rings. The van der Waals surface area contributed by atoms with Gasteiger partial charge in [-0.1, -0.05) is 45.7 Å². The Morgan fingerprint density at radius 2 is 1.90 bits per heavy atom. The fourth-order valence-corrected chi connectivity index (χ4v) is 5.26. The maximum atomic E-state index is 13.2. The summed E-state index contributed by atoms with van der Waals surface area (Å²) in [6, 6.07) is 14.5. The summed E-state index contributed by atoms with van der Waals surface area (Å²) in [5, 5.41) is 0.766. The van der Waals surface area contributed by atoms with Gasteiger partial charge in [-0.05, 0) is 61.7 Å². The van der Waals surface area contributed by atoms with Crippen LogP contribution in [0.4, 0.5) is 5.69 Å². The zero-order valence-corrected chi connectivity index (χ0v) is 19.8. The number of hydrogen-bond donors (Lipinski definition) is 0. The van der Waals surface area contributed by atoms with Crippen molar-refractivity contribution in [1.82, 2.24) is 9.80 Å². The highest BCUT2D eigenvalue weighted by Gasteiger charge is 2.31. The van der Waals surface area contributed by atoms with Crippen LogP contribution in [-0.4, -0.2) is 55.0 Å². The van der Waals surface area contributed by atoms with E-state index in [2.05, 4.69) is 67.9 Å². The number of piperazine rings is 1. The molecule has 0 aliphatic carbocycles. The highest BCUT2D eigenvalue weighted by molar-refractivity contribution is 9.10.